The highest BCUT2D eigenvalue weighted by atomic mass is 32.2. The number of hydrogen-bond acceptors (Lipinski definition) is 4. The van der Waals surface area contributed by atoms with Gasteiger partial charge in [0.1, 0.15) is 0 Å². The zero-order chi connectivity index (χ0) is 11.4. The second kappa shape index (κ2) is 6.05. The zero-order valence-electron chi connectivity index (χ0n) is 9.57. The molecule has 1 aliphatic heterocycles. The van der Waals surface area contributed by atoms with Gasteiger partial charge in [0.05, 0.1) is 6.10 Å². The number of thiophene rings is 1. The van der Waals surface area contributed by atoms with Gasteiger partial charge in [0.15, 0.2) is 0 Å². The maximum Gasteiger partial charge on any atom is 0.0883 e. The van der Waals surface area contributed by atoms with Crippen LogP contribution >= 0.6 is 23.1 Å². The molecule has 0 amide bonds. The van der Waals surface area contributed by atoms with Crippen molar-refractivity contribution < 1.29 is 9.84 Å². The highest BCUT2D eigenvalue weighted by Gasteiger charge is 2.17. The number of thioether (sulfide) groups is 1. The third-order valence-electron chi connectivity index (χ3n) is 2.80. The van der Waals surface area contributed by atoms with Crippen molar-refractivity contribution in [2.24, 2.45) is 0 Å². The van der Waals surface area contributed by atoms with Gasteiger partial charge in [-0.15, -0.1) is 11.3 Å². The molecule has 16 heavy (non-hydrogen) atoms. The molecular formula is C12H18O2S2. The molecule has 4 heteroatoms. The molecule has 1 aromatic heterocycles. The molecule has 0 bridgehead atoms. The van der Waals surface area contributed by atoms with E-state index in [9.17, 15) is 5.11 Å². The van der Waals surface area contributed by atoms with Crippen molar-refractivity contribution in [1.82, 2.24) is 0 Å². The lowest BCUT2D eigenvalue weighted by Crippen LogP contribution is -1.97. The summed E-state index contributed by atoms with van der Waals surface area (Å²) in [4.78, 5) is 2.63. The first-order valence-electron chi connectivity index (χ1n) is 5.67. The highest BCUT2D eigenvalue weighted by molar-refractivity contribution is 7.98. The Bertz CT molecular complexity index is 312. The fourth-order valence-electron chi connectivity index (χ4n) is 1.90. The molecule has 1 aliphatic rings. The Hall–Kier alpha value is -0.0300. The van der Waals surface area contributed by atoms with Crippen LogP contribution in [0.5, 0.6) is 0 Å². The number of aryl methyl sites for hydroxylation is 1. The largest absolute Gasteiger partial charge is 0.388 e. The fourth-order valence-corrected chi connectivity index (χ4v) is 4.29. The summed E-state index contributed by atoms with van der Waals surface area (Å²) in [6.07, 6.45) is 2.61. The molecule has 1 aromatic rings. The van der Waals surface area contributed by atoms with Crippen LogP contribution in [0.25, 0.3) is 0 Å². The third kappa shape index (κ3) is 3.00. The summed E-state index contributed by atoms with van der Waals surface area (Å²) < 4.78 is 5.00. The number of rotatable bonds is 5. The van der Waals surface area contributed by atoms with E-state index in [0.717, 1.165) is 30.1 Å². The highest BCUT2D eigenvalue weighted by Crippen LogP contribution is 2.35. The molecule has 0 aromatic carbocycles. The predicted molar refractivity (Wildman–Crippen MR) is 70.3 cm³/mol. The molecule has 0 spiro atoms. The summed E-state index contributed by atoms with van der Waals surface area (Å²) in [7, 11) is 1.70. The lowest BCUT2D eigenvalue weighted by Gasteiger charge is -2.08. The van der Waals surface area contributed by atoms with Crippen molar-refractivity contribution in [3.63, 3.8) is 0 Å². The van der Waals surface area contributed by atoms with E-state index < -0.39 is 0 Å². The Morgan fingerprint density at radius 3 is 3.19 bits per heavy atom. The molecule has 2 rings (SSSR count). The Morgan fingerprint density at radius 2 is 2.44 bits per heavy atom. The van der Waals surface area contributed by atoms with Crippen LogP contribution in [0.3, 0.4) is 0 Å². The van der Waals surface area contributed by atoms with E-state index in [0.29, 0.717) is 0 Å². The maximum atomic E-state index is 10.0. The van der Waals surface area contributed by atoms with Crippen LogP contribution in [0.4, 0.5) is 0 Å². The van der Waals surface area contributed by atoms with Gasteiger partial charge in [-0.2, -0.15) is 11.8 Å². The van der Waals surface area contributed by atoms with Gasteiger partial charge in [-0.3, -0.25) is 0 Å². The fraction of sp³-hybridized carbons (Fsp3) is 0.667. The summed E-state index contributed by atoms with van der Waals surface area (Å²) in [5, 5.41) is 10.0. The van der Waals surface area contributed by atoms with Crippen molar-refractivity contribution in [3.05, 3.63) is 21.4 Å². The van der Waals surface area contributed by atoms with Gasteiger partial charge in [-0.05, 0) is 36.6 Å². The van der Waals surface area contributed by atoms with Crippen molar-refractivity contribution in [1.29, 1.82) is 0 Å². The number of hydrogen-bond donors (Lipinski definition) is 1. The van der Waals surface area contributed by atoms with E-state index in [1.165, 1.54) is 22.6 Å². The Labute approximate surface area is 105 Å². The minimum Gasteiger partial charge on any atom is -0.388 e. The van der Waals surface area contributed by atoms with Crippen LogP contribution in [0, 0.1) is 0 Å². The molecule has 2 heterocycles. The average molecular weight is 258 g/mol. The number of methoxy groups -OCH3 is 1. The summed E-state index contributed by atoms with van der Waals surface area (Å²) in [6.45, 7) is 0.734. The van der Waals surface area contributed by atoms with E-state index in [4.69, 9.17) is 4.74 Å². The molecule has 2 nitrogen and oxygen atoms in total. The maximum absolute atomic E-state index is 10.0. The van der Waals surface area contributed by atoms with Gasteiger partial charge in [0.25, 0.3) is 0 Å². The Balaban J connectivity index is 1.95. The van der Waals surface area contributed by atoms with Gasteiger partial charge in [-0.25, -0.2) is 0 Å². The summed E-state index contributed by atoms with van der Waals surface area (Å²) in [5.41, 5.74) is 1.45. The molecule has 1 N–H and O–H groups in total. The van der Waals surface area contributed by atoms with Gasteiger partial charge in [-0.1, -0.05) is 0 Å². The second-order valence-electron chi connectivity index (χ2n) is 4.05. The Morgan fingerprint density at radius 1 is 1.56 bits per heavy atom. The monoisotopic (exact) mass is 258 g/mol. The minimum atomic E-state index is -0.296. The SMILES string of the molecule is COCCCC(O)c1cc2c(s1)CCSC2. The van der Waals surface area contributed by atoms with Crippen LogP contribution in [0.15, 0.2) is 6.07 Å². The van der Waals surface area contributed by atoms with Crippen LogP contribution in [-0.4, -0.2) is 24.6 Å². The molecule has 0 radical (unpaired) electrons. The average Bonchev–Trinajstić information content (AvgIpc) is 2.73. The van der Waals surface area contributed by atoms with Crippen molar-refractivity contribution in [2.75, 3.05) is 19.5 Å². The molecule has 0 saturated carbocycles. The number of fused-ring (bicyclic) bond motifs is 1. The van der Waals surface area contributed by atoms with E-state index in [-0.39, 0.29) is 6.10 Å². The van der Waals surface area contributed by atoms with Crippen LogP contribution in [0.2, 0.25) is 0 Å². The van der Waals surface area contributed by atoms with Gasteiger partial charge >= 0.3 is 0 Å². The summed E-state index contributed by atoms with van der Waals surface area (Å²) in [6, 6.07) is 2.20. The van der Waals surface area contributed by atoms with E-state index in [1.54, 1.807) is 18.4 Å². The van der Waals surface area contributed by atoms with Gasteiger partial charge in [0.2, 0.25) is 0 Å². The summed E-state index contributed by atoms with van der Waals surface area (Å²) in [5.74, 6) is 2.35. The third-order valence-corrected chi connectivity index (χ3v) is 5.15. The summed E-state index contributed by atoms with van der Waals surface area (Å²) >= 11 is 3.79. The topological polar surface area (TPSA) is 29.5 Å². The first-order valence-corrected chi connectivity index (χ1v) is 7.64. The molecular weight excluding hydrogens is 240 g/mol. The first-order chi connectivity index (χ1) is 7.81. The number of aliphatic hydroxyl groups is 1. The lowest BCUT2D eigenvalue weighted by atomic mass is 10.1. The molecule has 0 saturated heterocycles. The number of ether oxygens (including phenoxy) is 1. The lowest BCUT2D eigenvalue weighted by molar-refractivity contribution is 0.138. The van der Waals surface area contributed by atoms with Crippen LogP contribution < -0.4 is 0 Å². The molecule has 0 aliphatic carbocycles. The van der Waals surface area contributed by atoms with Crippen molar-refractivity contribution in [2.45, 2.75) is 31.1 Å². The standard InChI is InChI=1S/C12H18O2S2/c1-14-5-2-3-10(13)12-7-9-8-15-6-4-11(9)16-12/h7,10,13H,2-6,8H2,1H3. The smallest absolute Gasteiger partial charge is 0.0883 e. The van der Waals surface area contributed by atoms with Gasteiger partial charge in [0, 0.05) is 29.2 Å². The Kier molecular flexibility index (Phi) is 4.70. The van der Waals surface area contributed by atoms with E-state index in [1.807, 2.05) is 11.8 Å². The molecule has 1 atom stereocenters. The van der Waals surface area contributed by atoms with E-state index in [2.05, 4.69) is 6.07 Å². The number of aliphatic hydroxyl groups excluding tert-OH is 1. The minimum absolute atomic E-state index is 0.296. The first kappa shape index (κ1) is 12.4. The quantitative estimate of drug-likeness (QED) is 0.823. The van der Waals surface area contributed by atoms with Crippen molar-refractivity contribution >= 4 is 23.1 Å². The molecule has 1 unspecified atom stereocenters. The van der Waals surface area contributed by atoms with Crippen LogP contribution in [-0.2, 0) is 16.9 Å². The van der Waals surface area contributed by atoms with Crippen LogP contribution in [0.1, 0.15) is 34.3 Å². The van der Waals surface area contributed by atoms with Crippen molar-refractivity contribution in [3.8, 4) is 0 Å². The zero-order valence-corrected chi connectivity index (χ0v) is 11.2. The normalized spacial score (nSPS) is 17.1. The van der Waals surface area contributed by atoms with Gasteiger partial charge < -0.3 is 9.84 Å². The van der Waals surface area contributed by atoms with E-state index >= 15 is 0 Å². The second-order valence-corrected chi connectivity index (χ2v) is 6.32. The molecule has 0 fully saturated rings. The predicted octanol–water partition coefficient (Wildman–Crippen LogP) is 3.00. The molecule has 90 valence electrons.